The lowest BCUT2D eigenvalue weighted by Crippen LogP contribution is -2.52. The van der Waals surface area contributed by atoms with Crippen molar-refractivity contribution in [2.24, 2.45) is 0 Å². The van der Waals surface area contributed by atoms with Crippen LogP contribution in [0, 0.1) is 6.92 Å². The number of aliphatic carboxylic acids is 1. The molecular weight excluding hydrogens is 252 g/mol. The molecule has 1 aromatic rings. The van der Waals surface area contributed by atoms with Crippen molar-refractivity contribution >= 4 is 23.3 Å². The van der Waals surface area contributed by atoms with Crippen molar-refractivity contribution in [2.45, 2.75) is 19.4 Å². The molecule has 1 aliphatic rings. The molecular formula is C13H17ClN2O2. The minimum atomic E-state index is -0.770. The normalized spacial score (nSPS) is 19.9. The van der Waals surface area contributed by atoms with E-state index in [4.69, 9.17) is 16.7 Å². The zero-order valence-corrected chi connectivity index (χ0v) is 11.1. The number of piperazine rings is 1. The van der Waals surface area contributed by atoms with Gasteiger partial charge in [0.2, 0.25) is 0 Å². The number of carboxylic acid groups (broad SMARTS) is 1. The summed E-state index contributed by atoms with van der Waals surface area (Å²) in [6.07, 6.45) is 0.138. The highest BCUT2D eigenvalue weighted by molar-refractivity contribution is 6.30. The molecule has 1 fully saturated rings. The molecule has 2 rings (SSSR count). The fourth-order valence-corrected chi connectivity index (χ4v) is 2.52. The lowest BCUT2D eigenvalue weighted by Gasteiger charge is -2.38. The molecule has 0 aromatic heterocycles. The number of carbonyl (C=O) groups is 1. The van der Waals surface area contributed by atoms with Crippen LogP contribution in [-0.2, 0) is 4.79 Å². The summed E-state index contributed by atoms with van der Waals surface area (Å²) in [6, 6.07) is 5.72. The monoisotopic (exact) mass is 268 g/mol. The average molecular weight is 269 g/mol. The molecule has 1 heterocycles. The number of nitrogens with zero attached hydrogens (tertiary/aromatic N) is 1. The number of benzene rings is 1. The quantitative estimate of drug-likeness (QED) is 0.879. The molecule has 1 atom stereocenters. The Bertz CT molecular complexity index is 451. The summed E-state index contributed by atoms with van der Waals surface area (Å²) in [4.78, 5) is 13.1. The summed E-state index contributed by atoms with van der Waals surface area (Å²) in [5.41, 5.74) is 2.16. The van der Waals surface area contributed by atoms with E-state index in [1.807, 2.05) is 25.1 Å². The molecule has 1 saturated heterocycles. The van der Waals surface area contributed by atoms with E-state index in [2.05, 4.69) is 10.2 Å². The first-order chi connectivity index (χ1) is 8.58. The van der Waals surface area contributed by atoms with Crippen molar-refractivity contribution in [3.05, 3.63) is 28.8 Å². The maximum atomic E-state index is 10.9. The van der Waals surface area contributed by atoms with Gasteiger partial charge in [0.1, 0.15) is 0 Å². The first kappa shape index (κ1) is 13.2. The van der Waals surface area contributed by atoms with Crippen LogP contribution in [0.5, 0.6) is 0 Å². The molecule has 0 aliphatic carbocycles. The predicted octanol–water partition coefficient (Wildman–Crippen LogP) is 1.90. The minimum Gasteiger partial charge on any atom is -0.481 e. The topological polar surface area (TPSA) is 52.6 Å². The molecule has 1 aliphatic heterocycles. The second-order valence-electron chi connectivity index (χ2n) is 4.58. The zero-order chi connectivity index (χ0) is 13.1. The average Bonchev–Trinajstić information content (AvgIpc) is 2.32. The van der Waals surface area contributed by atoms with Crippen molar-refractivity contribution in [1.82, 2.24) is 5.32 Å². The smallest absolute Gasteiger partial charge is 0.305 e. The van der Waals surface area contributed by atoms with Gasteiger partial charge in [-0.3, -0.25) is 4.79 Å². The molecule has 2 N–H and O–H groups in total. The molecule has 1 unspecified atom stereocenters. The first-order valence-electron chi connectivity index (χ1n) is 6.03. The van der Waals surface area contributed by atoms with Crippen molar-refractivity contribution < 1.29 is 9.90 Å². The van der Waals surface area contributed by atoms with E-state index in [-0.39, 0.29) is 12.5 Å². The molecule has 18 heavy (non-hydrogen) atoms. The van der Waals surface area contributed by atoms with Crippen molar-refractivity contribution in [2.75, 3.05) is 24.5 Å². The van der Waals surface area contributed by atoms with Crippen LogP contribution in [0.3, 0.4) is 0 Å². The van der Waals surface area contributed by atoms with Gasteiger partial charge in [-0.25, -0.2) is 0 Å². The van der Waals surface area contributed by atoms with Gasteiger partial charge in [-0.15, -0.1) is 0 Å². The number of rotatable bonds is 3. The Labute approximate surface area is 112 Å². The second-order valence-corrected chi connectivity index (χ2v) is 5.02. The van der Waals surface area contributed by atoms with Crippen LogP contribution in [0.1, 0.15) is 12.0 Å². The number of nitrogens with one attached hydrogen (secondary N) is 1. The van der Waals surface area contributed by atoms with Crippen LogP contribution in [0.2, 0.25) is 5.02 Å². The molecule has 4 nitrogen and oxygen atoms in total. The molecule has 0 radical (unpaired) electrons. The molecule has 0 saturated carbocycles. The van der Waals surface area contributed by atoms with E-state index in [1.165, 1.54) is 0 Å². The Balaban J connectivity index is 2.27. The lowest BCUT2D eigenvalue weighted by atomic mass is 10.1. The predicted molar refractivity (Wildman–Crippen MR) is 72.4 cm³/mol. The van der Waals surface area contributed by atoms with E-state index in [1.54, 1.807) is 0 Å². The van der Waals surface area contributed by atoms with Gasteiger partial charge in [0.15, 0.2) is 0 Å². The zero-order valence-electron chi connectivity index (χ0n) is 10.3. The van der Waals surface area contributed by atoms with Gasteiger partial charge in [0.05, 0.1) is 12.5 Å². The van der Waals surface area contributed by atoms with Crippen LogP contribution >= 0.6 is 11.6 Å². The maximum absolute atomic E-state index is 10.9. The van der Waals surface area contributed by atoms with Gasteiger partial charge in [0.25, 0.3) is 0 Å². The van der Waals surface area contributed by atoms with Crippen molar-refractivity contribution in [3.8, 4) is 0 Å². The molecule has 0 amide bonds. The van der Waals surface area contributed by atoms with E-state index in [9.17, 15) is 4.79 Å². The standard InChI is InChI=1S/C13H17ClN2O2/c1-9-2-3-10(14)6-12(9)16-5-4-15-8-11(16)7-13(17)18/h2-3,6,11,15H,4-5,7-8H2,1H3,(H,17,18). The lowest BCUT2D eigenvalue weighted by molar-refractivity contribution is -0.137. The van der Waals surface area contributed by atoms with E-state index >= 15 is 0 Å². The SMILES string of the molecule is Cc1ccc(Cl)cc1N1CCNCC1CC(=O)O. The van der Waals surface area contributed by atoms with Gasteiger partial charge < -0.3 is 15.3 Å². The Morgan fingerprint density at radius 3 is 3.11 bits per heavy atom. The molecule has 0 spiro atoms. The van der Waals surface area contributed by atoms with Crippen LogP contribution in [0.25, 0.3) is 0 Å². The fraction of sp³-hybridized carbons (Fsp3) is 0.462. The van der Waals surface area contributed by atoms with Crippen LogP contribution in [-0.4, -0.2) is 36.8 Å². The first-order valence-corrected chi connectivity index (χ1v) is 6.41. The van der Waals surface area contributed by atoms with Crippen molar-refractivity contribution in [1.29, 1.82) is 0 Å². The van der Waals surface area contributed by atoms with E-state index < -0.39 is 5.97 Å². The third-order valence-corrected chi connectivity index (χ3v) is 3.48. The highest BCUT2D eigenvalue weighted by Crippen LogP contribution is 2.27. The van der Waals surface area contributed by atoms with Crippen molar-refractivity contribution in [3.63, 3.8) is 0 Å². The Hall–Kier alpha value is -1.26. The molecule has 1 aromatic carbocycles. The number of halogens is 1. The Morgan fingerprint density at radius 2 is 2.39 bits per heavy atom. The molecule has 98 valence electrons. The van der Waals surface area contributed by atoms with E-state index in [0.717, 1.165) is 24.3 Å². The van der Waals surface area contributed by atoms with Gasteiger partial charge in [-0.1, -0.05) is 17.7 Å². The summed E-state index contributed by atoms with van der Waals surface area (Å²) < 4.78 is 0. The summed E-state index contributed by atoms with van der Waals surface area (Å²) in [5, 5.41) is 12.9. The summed E-state index contributed by atoms with van der Waals surface area (Å²) in [7, 11) is 0. The highest BCUT2D eigenvalue weighted by atomic mass is 35.5. The van der Waals surface area contributed by atoms with Crippen LogP contribution in [0.15, 0.2) is 18.2 Å². The highest BCUT2D eigenvalue weighted by Gasteiger charge is 2.25. The number of anilines is 1. The number of aryl methyl sites for hydroxylation is 1. The van der Waals surface area contributed by atoms with Gasteiger partial charge >= 0.3 is 5.97 Å². The summed E-state index contributed by atoms with van der Waals surface area (Å²) in [6.45, 7) is 4.38. The largest absolute Gasteiger partial charge is 0.481 e. The number of carboxylic acids is 1. The molecule has 5 heteroatoms. The maximum Gasteiger partial charge on any atom is 0.305 e. The summed E-state index contributed by atoms with van der Waals surface area (Å²) in [5.74, 6) is -0.770. The molecule has 0 bridgehead atoms. The fourth-order valence-electron chi connectivity index (χ4n) is 2.35. The number of hydrogen-bond donors (Lipinski definition) is 2. The van der Waals surface area contributed by atoms with Gasteiger partial charge in [-0.05, 0) is 24.6 Å². The minimum absolute atomic E-state index is 0.0200. The Morgan fingerprint density at radius 1 is 1.61 bits per heavy atom. The number of hydrogen-bond acceptors (Lipinski definition) is 3. The summed E-state index contributed by atoms with van der Waals surface area (Å²) >= 11 is 6.03. The van der Waals surface area contributed by atoms with Gasteiger partial charge in [0, 0.05) is 30.3 Å². The van der Waals surface area contributed by atoms with Gasteiger partial charge in [-0.2, -0.15) is 0 Å². The van der Waals surface area contributed by atoms with Crippen LogP contribution in [0.4, 0.5) is 5.69 Å². The third kappa shape index (κ3) is 2.94. The third-order valence-electron chi connectivity index (χ3n) is 3.24. The van der Waals surface area contributed by atoms with E-state index in [0.29, 0.717) is 11.6 Å². The Kier molecular flexibility index (Phi) is 4.09. The second kappa shape index (κ2) is 5.59. The van der Waals surface area contributed by atoms with Crippen LogP contribution < -0.4 is 10.2 Å².